The van der Waals surface area contributed by atoms with E-state index in [1.54, 1.807) is 31.3 Å². The van der Waals surface area contributed by atoms with E-state index in [2.05, 4.69) is 6.58 Å². The van der Waals surface area contributed by atoms with E-state index in [0.717, 1.165) is 4.90 Å². The highest BCUT2D eigenvalue weighted by molar-refractivity contribution is 6.04. The number of carboxylic acids is 1. The molecule has 0 unspecified atom stereocenters. The average Bonchev–Trinajstić information content (AvgIpc) is 2.44. The van der Waals surface area contributed by atoms with Gasteiger partial charge in [-0.2, -0.15) is 0 Å². The lowest BCUT2D eigenvalue weighted by molar-refractivity contribution is -0.137. The number of carbonyl (C=O) groups is 3. The fraction of sp³-hybridized carbons (Fsp3) is 0.267. The van der Waals surface area contributed by atoms with E-state index in [-0.39, 0.29) is 18.0 Å². The van der Waals surface area contributed by atoms with Gasteiger partial charge in [0.2, 0.25) is 5.91 Å². The van der Waals surface area contributed by atoms with Crippen LogP contribution in [0.4, 0.5) is 5.69 Å². The zero-order valence-electron chi connectivity index (χ0n) is 12.1. The van der Waals surface area contributed by atoms with Gasteiger partial charge >= 0.3 is 5.97 Å². The molecular weight excluding hydrogens is 272 g/mol. The summed E-state index contributed by atoms with van der Waals surface area (Å²) in [4.78, 5) is 37.3. The van der Waals surface area contributed by atoms with Crippen molar-refractivity contribution in [1.29, 1.82) is 0 Å². The highest BCUT2D eigenvalue weighted by Gasteiger charge is 2.22. The minimum atomic E-state index is -1.11. The molecule has 0 aromatic heterocycles. The third-order valence-electron chi connectivity index (χ3n) is 2.93. The van der Waals surface area contributed by atoms with Crippen molar-refractivity contribution in [2.75, 3.05) is 25.0 Å². The van der Waals surface area contributed by atoms with Gasteiger partial charge in [0.15, 0.2) is 0 Å². The topological polar surface area (TPSA) is 77.9 Å². The summed E-state index contributed by atoms with van der Waals surface area (Å²) in [5.41, 5.74) is 0.716. The van der Waals surface area contributed by atoms with Crippen LogP contribution in [0.5, 0.6) is 0 Å². The van der Waals surface area contributed by atoms with Gasteiger partial charge in [-0.25, -0.2) is 0 Å². The molecule has 0 fully saturated rings. The summed E-state index contributed by atoms with van der Waals surface area (Å²) >= 11 is 0. The van der Waals surface area contributed by atoms with Crippen LogP contribution in [-0.4, -0.2) is 47.9 Å². The molecule has 1 aromatic carbocycles. The monoisotopic (exact) mass is 290 g/mol. The van der Waals surface area contributed by atoms with Crippen LogP contribution in [0, 0.1) is 0 Å². The van der Waals surface area contributed by atoms with Crippen molar-refractivity contribution in [3.05, 3.63) is 42.5 Å². The first-order chi connectivity index (χ1) is 9.88. The van der Waals surface area contributed by atoms with Gasteiger partial charge in [0.25, 0.3) is 5.91 Å². The molecule has 0 atom stereocenters. The molecule has 0 radical (unpaired) electrons. The molecule has 6 nitrogen and oxygen atoms in total. The van der Waals surface area contributed by atoms with E-state index in [1.165, 1.54) is 17.9 Å². The summed E-state index contributed by atoms with van der Waals surface area (Å²) in [5.74, 6) is -1.78. The smallest absolute Gasteiger partial charge is 0.323 e. The van der Waals surface area contributed by atoms with E-state index >= 15 is 0 Å². The van der Waals surface area contributed by atoms with Gasteiger partial charge in [-0.1, -0.05) is 18.2 Å². The largest absolute Gasteiger partial charge is 0.480 e. The van der Waals surface area contributed by atoms with Crippen LogP contribution in [0.25, 0.3) is 0 Å². The molecule has 0 saturated carbocycles. The van der Waals surface area contributed by atoms with Gasteiger partial charge < -0.3 is 14.9 Å². The third kappa shape index (κ3) is 4.17. The lowest BCUT2D eigenvalue weighted by Crippen LogP contribution is -2.37. The van der Waals surface area contributed by atoms with Crippen molar-refractivity contribution in [1.82, 2.24) is 4.90 Å². The Labute approximate surface area is 123 Å². The normalized spacial score (nSPS) is 9.81. The van der Waals surface area contributed by atoms with Crippen molar-refractivity contribution in [2.24, 2.45) is 0 Å². The van der Waals surface area contributed by atoms with Gasteiger partial charge in [0.05, 0.1) is 11.3 Å². The molecule has 2 amide bonds. The van der Waals surface area contributed by atoms with Crippen molar-refractivity contribution in [3.8, 4) is 0 Å². The number of para-hydroxylation sites is 1. The number of carbonyl (C=O) groups excluding carboxylic acids is 2. The van der Waals surface area contributed by atoms with E-state index in [9.17, 15) is 14.4 Å². The van der Waals surface area contributed by atoms with Crippen molar-refractivity contribution < 1.29 is 19.5 Å². The Morgan fingerprint density at radius 3 is 2.43 bits per heavy atom. The first-order valence-electron chi connectivity index (χ1n) is 6.33. The minimum Gasteiger partial charge on any atom is -0.480 e. The molecule has 0 aliphatic rings. The molecule has 0 aliphatic carbocycles. The third-order valence-corrected chi connectivity index (χ3v) is 2.93. The summed E-state index contributed by atoms with van der Waals surface area (Å²) in [5, 5.41) is 8.88. The van der Waals surface area contributed by atoms with Crippen LogP contribution in [0.15, 0.2) is 36.9 Å². The molecule has 6 heteroatoms. The Kier molecular flexibility index (Phi) is 5.66. The van der Waals surface area contributed by atoms with E-state index in [0.29, 0.717) is 5.69 Å². The van der Waals surface area contributed by atoms with Gasteiger partial charge in [-0.15, -0.1) is 6.58 Å². The maximum atomic E-state index is 12.5. The van der Waals surface area contributed by atoms with Crippen molar-refractivity contribution >= 4 is 23.5 Å². The minimum absolute atomic E-state index is 0.114. The standard InChI is InChI=1S/C15H18N2O4/c1-4-9-17(10-14(19)20)15(21)12-7-5-6-8-13(12)16(3)11(2)18/h4-8H,1,9-10H2,2-3H3,(H,19,20). The lowest BCUT2D eigenvalue weighted by Gasteiger charge is -2.23. The van der Waals surface area contributed by atoms with Gasteiger partial charge in [0.1, 0.15) is 6.54 Å². The molecule has 1 aromatic rings. The van der Waals surface area contributed by atoms with Gasteiger partial charge in [0, 0.05) is 20.5 Å². The number of hydrogen-bond acceptors (Lipinski definition) is 3. The molecule has 0 saturated heterocycles. The summed E-state index contributed by atoms with van der Waals surface area (Å²) in [6.45, 7) is 4.59. The van der Waals surface area contributed by atoms with E-state index in [1.807, 2.05) is 0 Å². The SMILES string of the molecule is C=CCN(CC(=O)O)C(=O)c1ccccc1N(C)C(C)=O. The number of aliphatic carboxylic acids is 1. The van der Waals surface area contributed by atoms with Crippen molar-refractivity contribution in [2.45, 2.75) is 6.92 Å². The maximum Gasteiger partial charge on any atom is 0.323 e. The van der Waals surface area contributed by atoms with Crippen LogP contribution in [0.2, 0.25) is 0 Å². The fourth-order valence-corrected chi connectivity index (χ4v) is 1.83. The second-order valence-corrected chi connectivity index (χ2v) is 4.46. The molecule has 1 N–H and O–H groups in total. The van der Waals surface area contributed by atoms with Crippen molar-refractivity contribution in [3.63, 3.8) is 0 Å². The Morgan fingerprint density at radius 2 is 1.90 bits per heavy atom. The molecular formula is C15H18N2O4. The molecule has 112 valence electrons. The molecule has 21 heavy (non-hydrogen) atoms. The predicted molar refractivity (Wildman–Crippen MR) is 79.3 cm³/mol. The number of amides is 2. The highest BCUT2D eigenvalue weighted by Crippen LogP contribution is 2.21. The number of rotatable bonds is 6. The number of nitrogens with zero attached hydrogens (tertiary/aromatic N) is 2. The summed E-state index contributed by atoms with van der Waals surface area (Å²) in [6.07, 6.45) is 1.46. The fourth-order valence-electron chi connectivity index (χ4n) is 1.83. The number of anilines is 1. The lowest BCUT2D eigenvalue weighted by atomic mass is 10.1. The quantitative estimate of drug-likeness (QED) is 0.803. The Balaban J connectivity index is 3.18. The van der Waals surface area contributed by atoms with Gasteiger partial charge in [-0.3, -0.25) is 14.4 Å². The van der Waals surface area contributed by atoms with Crippen LogP contribution < -0.4 is 4.90 Å². The zero-order chi connectivity index (χ0) is 16.0. The Morgan fingerprint density at radius 1 is 1.29 bits per heavy atom. The molecule has 0 bridgehead atoms. The van der Waals surface area contributed by atoms with Crippen LogP contribution in [0.1, 0.15) is 17.3 Å². The number of benzene rings is 1. The molecule has 0 heterocycles. The highest BCUT2D eigenvalue weighted by atomic mass is 16.4. The average molecular weight is 290 g/mol. The summed E-state index contributed by atoms with van der Waals surface area (Å²) in [7, 11) is 1.56. The van der Waals surface area contributed by atoms with Gasteiger partial charge in [-0.05, 0) is 12.1 Å². The summed E-state index contributed by atoms with van der Waals surface area (Å²) < 4.78 is 0. The number of carboxylic acid groups (broad SMARTS) is 1. The zero-order valence-corrected chi connectivity index (χ0v) is 12.1. The predicted octanol–water partition coefficient (Wildman–Crippen LogP) is 1.38. The molecule has 1 rings (SSSR count). The second-order valence-electron chi connectivity index (χ2n) is 4.46. The first kappa shape index (κ1) is 16.4. The Bertz CT molecular complexity index is 569. The van der Waals surface area contributed by atoms with E-state index in [4.69, 9.17) is 5.11 Å². The maximum absolute atomic E-state index is 12.5. The van der Waals surface area contributed by atoms with Crippen LogP contribution in [0.3, 0.4) is 0 Å². The molecule has 0 aliphatic heterocycles. The first-order valence-corrected chi connectivity index (χ1v) is 6.33. The second kappa shape index (κ2) is 7.23. The van der Waals surface area contributed by atoms with Crippen LogP contribution in [-0.2, 0) is 9.59 Å². The van der Waals surface area contributed by atoms with Crippen LogP contribution >= 0.6 is 0 Å². The number of hydrogen-bond donors (Lipinski definition) is 1. The van der Waals surface area contributed by atoms with E-state index < -0.39 is 18.4 Å². The summed E-state index contributed by atoms with van der Waals surface area (Å²) in [6, 6.07) is 6.58. The molecule has 0 spiro atoms. The Hall–Kier alpha value is -2.63.